The van der Waals surface area contributed by atoms with Crippen molar-refractivity contribution in [2.45, 2.75) is 13.0 Å². The maximum atomic E-state index is 12.9. The van der Waals surface area contributed by atoms with E-state index in [1.807, 2.05) is 28.5 Å². The number of rotatable bonds is 6. The van der Waals surface area contributed by atoms with Gasteiger partial charge in [0.1, 0.15) is 5.01 Å². The average Bonchev–Trinajstić information content (AvgIpc) is 3.34. The van der Waals surface area contributed by atoms with E-state index in [9.17, 15) is 4.79 Å². The molecule has 2 saturated heterocycles. The Balaban J connectivity index is 1.13. The van der Waals surface area contributed by atoms with Crippen LogP contribution in [-0.2, 0) is 22.5 Å². The molecule has 0 spiro atoms. The largest absolute Gasteiger partial charge is 0.379 e. The summed E-state index contributed by atoms with van der Waals surface area (Å²) in [5.41, 5.74) is 4.36. The zero-order valence-electron chi connectivity index (χ0n) is 19.2. The summed E-state index contributed by atoms with van der Waals surface area (Å²) in [6, 6.07) is 16.5. The lowest BCUT2D eigenvalue weighted by Gasteiger charge is -2.36. The highest BCUT2D eigenvalue weighted by molar-refractivity contribution is 7.13. The number of morpholine rings is 1. The van der Waals surface area contributed by atoms with Crippen LogP contribution in [-0.4, -0.2) is 73.2 Å². The highest BCUT2D eigenvalue weighted by Crippen LogP contribution is 2.25. The zero-order valence-corrected chi connectivity index (χ0v) is 20.7. The SMILES string of the molecule is O=C(Cc1csc(-c2ccc(CN3CCOCC3)cc2)n1)N1CCN(c2cccc(Cl)c2)CC1. The molecule has 0 N–H and O–H groups in total. The third kappa shape index (κ3) is 5.78. The van der Waals surface area contributed by atoms with Gasteiger partial charge in [-0.25, -0.2) is 4.98 Å². The van der Waals surface area contributed by atoms with E-state index in [1.54, 1.807) is 11.3 Å². The lowest BCUT2D eigenvalue weighted by Crippen LogP contribution is -2.49. The number of carbonyl (C=O) groups excluding carboxylic acids is 1. The van der Waals surface area contributed by atoms with Crippen molar-refractivity contribution in [2.75, 3.05) is 57.4 Å². The lowest BCUT2D eigenvalue weighted by molar-refractivity contribution is -0.130. The average molecular weight is 497 g/mol. The zero-order chi connectivity index (χ0) is 23.3. The molecule has 8 heteroatoms. The van der Waals surface area contributed by atoms with Crippen molar-refractivity contribution in [3.05, 3.63) is 70.2 Å². The first-order valence-corrected chi connectivity index (χ1v) is 13.0. The molecule has 178 valence electrons. The fraction of sp³-hybridized carbons (Fsp3) is 0.385. The van der Waals surface area contributed by atoms with Gasteiger partial charge in [0, 0.05) is 67.5 Å². The molecule has 3 aromatic rings. The van der Waals surface area contributed by atoms with Gasteiger partial charge in [-0.15, -0.1) is 11.3 Å². The molecule has 2 fully saturated rings. The monoisotopic (exact) mass is 496 g/mol. The van der Waals surface area contributed by atoms with Gasteiger partial charge in [-0.05, 0) is 23.8 Å². The number of hydrogen-bond donors (Lipinski definition) is 0. The summed E-state index contributed by atoms with van der Waals surface area (Å²) in [5.74, 6) is 0.142. The second-order valence-corrected chi connectivity index (χ2v) is 10.0. The Morgan fingerprint density at radius 3 is 2.50 bits per heavy atom. The Bertz CT molecular complexity index is 1110. The van der Waals surface area contributed by atoms with Crippen LogP contribution in [0.3, 0.4) is 0 Å². The molecule has 34 heavy (non-hydrogen) atoms. The predicted octanol–water partition coefficient (Wildman–Crippen LogP) is 4.19. The molecular formula is C26H29ClN4O2S. The second-order valence-electron chi connectivity index (χ2n) is 8.75. The first kappa shape index (κ1) is 23.3. The summed E-state index contributed by atoms with van der Waals surface area (Å²) in [5, 5.41) is 3.71. The highest BCUT2D eigenvalue weighted by atomic mass is 35.5. The third-order valence-corrected chi connectivity index (χ3v) is 7.58. The molecule has 0 atom stereocenters. The van der Waals surface area contributed by atoms with Crippen LogP contribution in [0.25, 0.3) is 10.6 Å². The lowest BCUT2D eigenvalue weighted by atomic mass is 10.1. The number of thiazole rings is 1. The van der Waals surface area contributed by atoms with E-state index in [-0.39, 0.29) is 5.91 Å². The number of nitrogens with zero attached hydrogens (tertiary/aromatic N) is 4. The number of amides is 1. The Morgan fingerprint density at radius 2 is 1.76 bits per heavy atom. The Morgan fingerprint density at radius 1 is 1.00 bits per heavy atom. The predicted molar refractivity (Wildman–Crippen MR) is 138 cm³/mol. The van der Waals surface area contributed by atoms with Crippen molar-refractivity contribution in [3.8, 4) is 10.6 Å². The van der Waals surface area contributed by atoms with E-state index in [0.717, 1.165) is 72.9 Å². The summed E-state index contributed by atoms with van der Waals surface area (Å²) < 4.78 is 5.43. The highest BCUT2D eigenvalue weighted by Gasteiger charge is 2.22. The van der Waals surface area contributed by atoms with E-state index in [1.165, 1.54) is 5.56 Å². The summed E-state index contributed by atoms with van der Waals surface area (Å²) in [4.78, 5) is 24.3. The minimum absolute atomic E-state index is 0.142. The molecule has 0 radical (unpaired) electrons. The molecule has 0 aliphatic carbocycles. The molecule has 0 bridgehead atoms. The molecule has 0 saturated carbocycles. The number of halogens is 1. The molecule has 5 rings (SSSR count). The summed E-state index contributed by atoms with van der Waals surface area (Å²) in [7, 11) is 0. The standard InChI is InChI=1S/C26H29ClN4O2S/c27-22-2-1-3-24(16-22)30-8-10-31(11-9-30)25(32)17-23-19-34-26(28-23)21-6-4-20(5-7-21)18-29-12-14-33-15-13-29/h1-7,16,19H,8-15,17-18H2. The molecular weight excluding hydrogens is 468 g/mol. The van der Waals surface area contributed by atoms with Crippen LogP contribution in [0.2, 0.25) is 5.02 Å². The molecule has 6 nitrogen and oxygen atoms in total. The van der Waals surface area contributed by atoms with Gasteiger partial charge in [-0.2, -0.15) is 0 Å². The van der Waals surface area contributed by atoms with Crippen molar-refractivity contribution in [1.82, 2.24) is 14.8 Å². The van der Waals surface area contributed by atoms with E-state index >= 15 is 0 Å². The number of piperazine rings is 1. The second kappa shape index (κ2) is 10.9. The normalized spacial score (nSPS) is 17.2. The maximum Gasteiger partial charge on any atom is 0.228 e. The van der Waals surface area contributed by atoms with E-state index in [2.05, 4.69) is 40.1 Å². The van der Waals surface area contributed by atoms with Gasteiger partial charge in [0.05, 0.1) is 25.3 Å². The number of hydrogen-bond acceptors (Lipinski definition) is 6. The quantitative estimate of drug-likeness (QED) is 0.512. The summed E-state index contributed by atoms with van der Waals surface area (Å²) in [6.45, 7) is 7.61. The minimum atomic E-state index is 0.142. The molecule has 1 aromatic heterocycles. The fourth-order valence-corrected chi connectivity index (χ4v) is 5.45. The topological polar surface area (TPSA) is 48.9 Å². The van der Waals surface area contributed by atoms with E-state index < -0.39 is 0 Å². The molecule has 0 unspecified atom stereocenters. The Labute approximate surface area is 209 Å². The molecule has 2 aliphatic heterocycles. The van der Waals surface area contributed by atoms with Crippen LogP contribution < -0.4 is 4.90 Å². The minimum Gasteiger partial charge on any atom is -0.379 e. The van der Waals surface area contributed by atoms with Crippen molar-refractivity contribution >= 4 is 34.5 Å². The van der Waals surface area contributed by atoms with Gasteiger partial charge in [0.15, 0.2) is 0 Å². The number of anilines is 1. The van der Waals surface area contributed by atoms with Crippen molar-refractivity contribution in [1.29, 1.82) is 0 Å². The van der Waals surface area contributed by atoms with E-state index in [4.69, 9.17) is 21.3 Å². The summed E-state index contributed by atoms with van der Waals surface area (Å²) in [6.07, 6.45) is 0.350. The van der Waals surface area contributed by atoms with Crippen LogP contribution >= 0.6 is 22.9 Å². The van der Waals surface area contributed by atoms with Gasteiger partial charge in [0.25, 0.3) is 0 Å². The number of aromatic nitrogens is 1. The number of ether oxygens (including phenoxy) is 1. The van der Waals surface area contributed by atoms with Gasteiger partial charge in [-0.3, -0.25) is 9.69 Å². The molecule has 2 aliphatic rings. The van der Waals surface area contributed by atoms with Gasteiger partial charge >= 0.3 is 0 Å². The van der Waals surface area contributed by atoms with Crippen LogP contribution in [0.15, 0.2) is 53.9 Å². The first-order chi connectivity index (χ1) is 16.6. The smallest absolute Gasteiger partial charge is 0.228 e. The number of carbonyl (C=O) groups is 1. The van der Waals surface area contributed by atoms with Crippen LogP contribution in [0.1, 0.15) is 11.3 Å². The van der Waals surface area contributed by atoms with Gasteiger partial charge < -0.3 is 14.5 Å². The van der Waals surface area contributed by atoms with Crippen molar-refractivity contribution in [3.63, 3.8) is 0 Å². The Hall–Kier alpha value is -2.45. The van der Waals surface area contributed by atoms with Crippen molar-refractivity contribution < 1.29 is 9.53 Å². The molecule has 1 amide bonds. The number of benzene rings is 2. The van der Waals surface area contributed by atoms with Gasteiger partial charge in [0.2, 0.25) is 5.91 Å². The van der Waals surface area contributed by atoms with Crippen molar-refractivity contribution in [2.24, 2.45) is 0 Å². The molecule has 2 aromatic carbocycles. The van der Waals surface area contributed by atoms with Gasteiger partial charge in [-0.1, -0.05) is 41.9 Å². The first-order valence-electron chi connectivity index (χ1n) is 11.8. The van der Waals surface area contributed by atoms with Crippen LogP contribution in [0.5, 0.6) is 0 Å². The third-order valence-electron chi connectivity index (χ3n) is 6.40. The maximum absolute atomic E-state index is 12.9. The van der Waals surface area contributed by atoms with E-state index in [0.29, 0.717) is 19.5 Å². The van der Waals surface area contributed by atoms with Crippen LogP contribution in [0, 0.1) is 0 Å². The summed E-state index contributed by atoms with van der Waals surface area (Å²) >= 11 is 7.73. The fourth-order valence-electron chi connectivity index (χ4n) is 4.44. The Kier molecular flexibility index (Phi) is 7.45. The molecule has 3 heterocycles. The van der Waals surface area contributed by atoms with Crippen LogP contribution in [0.4, 0.5) is 5.69 Å².